The van der Waals surface area contributed by atoms with Gasteiger partial charge in [0.05, 0.1) is 24.7 Å². The van der Waals surface area contributed by atoms with Gasteiger partial charge in [0.15, 0.2) is 5.78 Å². The molecule has 0 amide bonds. The van der Waals surface area contributed by atoms with Gasteiger partial charge in [-0.3, -0.25) is 4.79 Å². The molecule has 0 saturated heterocycles. The second-order valence-corrected chi connectivity index (χ2v) is 5.03. The van der Waals surface area contributed by atoms with Crippen molar-refractivity contribution in [2.45, 2.75) is 12.5 Å². The number of carbonyl (C=O) groups excluding carboxylic acids is 2. The predicted molar refractivity (Wildman–Crippen MR) is 78.2 cm³/mol. The van der Waals surface area contributed by atoms with Crippen LogP contribution in [0.3, 0.4) is 0 Å². The van der Waals surface area contributed by atoms with Crippen molar-refractivity contribution in [2.24, 2.45) is 0 Å². The van der Waals surface area contributed by atoms with Gasteiger partial charge in [0.2, 0.25) is 0 Å². The van der Waals surface area contributed by atoms with Gasteiger partial charge in [-0.05, 0) is 35.9 Å². The summed E-state index contributed by atoms with van der Waals surface area (Å²) >= 11 is 0. The number of methoxy groups -OCH3 is 1. The number of ketones is 1. The molecule has 1 N–H and O–H groups in total. The predicted octanol–water partition coefficient (Wildman–Crippen LogP) is 2.89. The standard InChI is InChI=1S/C17H14O5/c1-21-17(20)11-4-2-3-10(7-11)16-9-14(19)13-8-12(18)5-6-15(13)22-16/h2-8,16,18H,9H2,1H3/t16-/m1/s1. The highest BCUT2D eigenvalue weighted by Gasteiger charge is 2.28. The minimum absolute atomic E-state index is 0.0295. The molecule has 0 saturated carbocycles. The summed E-state index contributed by atoms with van der Waals surface area (Å²) < 4.78 is 10.5. The minimum atomic E-state index is -0.464. The van der Waals surface area contributed by atoms with Gasteiger partial charge in [0.25, 0.3) is 0 Å². The number of fused-ring (bicyclic) bond motifs is 1. The third-order valence-electron chi connectivity index (χ3n) is 3.58. The van der Waals surface area contributed by atoms with E-state index in [1.165, 1.54) is 19.2 Å². The van der Waals surface area contributed by atoms with Crippen LogP contribution in [0, 0.1) is 0 Å². The van der Waals surface area contributed by atoms with Crippen molar-refractivity contribution >= 4 is 11.8 Å². The van der Waals surface area contributed by atoms with Crippen LogP contribution >= 0.6 is 0 Å². The Hall–Kier alpha value is -2.82. The first-order valence-corrected chi connectivity index (χ1v) is 6.79. The SMILES string of the molecule is COC(=O)c1cccc([C@H]2CC(=O)c3cc(O)ccc3O2)c1. The van der Waals surface area contributed by atoms with Crippen LogP contribution in [-0.4, -0.2) is 24.0 Å². The highest BCUT2D eigenvalue weighted by Crippen LogP contribution is 2.36. The summed E-state index contributed by atoms with van der Waals surface area (Å²) in [6.07, 6.45) is -0.310. The Morgan fingerprint density at radius 1 is 1.27 bits per heavy atom. The van der Waals surface area contributed by atoms with Crippen molar-refractivity contribution in [3.05, 3.63) is 59.2 Å². The number of hydrogen-bond acceptors (Lipinski definition) is 5. The molecule has 5 nitrogen and oxygen atoms in total. The van der Waals surface area contributed by atoms with E-state index in [9.17, 15) is 14.7 Å². The van der Waals surface area contributed by atoms with Gasteiger partial charge in [-0.15, -0.1) is 0 Å². The van der Waals surface area contributed by atoms with E-state index in [1.54, 1.807) is 30.3 Å². The number of hydrogen-bond donors (Lipinski definition) is 1. The van der Waals surface area contributed by atoms with E-state index in [0.29, 0.717) is 16.9 Å². The Bertz CT molecular complexity index is 750. The monoisotopic (exact) mass is 298 g/mol. The molecule has 1 atom stereocenters. The molecule has 0 unspecified atom stereocenters. The summed E-state index contributed by atoms with van der Waals surface area (Å²) in [4.78, 5) is 23.8. The van der Waals surface area contributed by atoms with Crippen LogP contribution in [0.1, 0.15) is 38.8 Å². The molecule has 0 aromatic heterocycles. The summed E-state index contributed by atoms with van der Waals surface area (Å²) in [6.45, 7) is 0. The number of benzene rings is 2. The van der Waals surface area contributed by atoms with Gasteiger partial charge in [-0.2, -0.15) is 0 Å². The van der Waals surface area contributed by atoms with E-state index >= 15 is 0 Å². The lowest BCUT2D eigenvalue weighted by Gasteiger charge is -2.25. The topological polar surface area (TPSA) is 72.8 Å². The normalized spacial score (nSPS) is 16.6. The third kappa shape index (κ3) is 2.53. The molecule has 0 bridgehead atoms. The molecule has 112 valence electrons. The number of aromatic hydroxyl groups is 1. The van der Waals surface area contributed by atoms with E-state index in [1.807, 2.05) is 0 Å². The molecule has 1 aliphatic rings. The van der Waals surface area contributed by atoms with Crippen LogP contribution in [0.2, 0.25) is 0 Å². The average Bonchev–Trinajstić information content (AvgIpc) is 2.54. The molecular weight excluding hydrogens is 284 g/mol. The summed E-state index contributed by atoms with van der Waals surface area (Å²) in [6, 6.07) is 11.3. The Balaban J connectivity index is 1.93. The Labute approximate surface area is 127 Å². The number of phenolic OH excluding ortho intramolecular Hbond substituents is 1. The van der Waals surface area contributed by atoms with Crippen molar-refractivity contribution in [1.29, 1.82) is 0 Å². The number of ether oxygens (including phenoxy) is 2. The Morgan fingerprint density at radius 3 is 2.86 bits per heavy atom. The minimum Gasteiger partial charge on any atom is -0.508 e. The van der Waals surface area contributed by atoms with E-state index in [2.05, 4.69) is 0 Å². The van der Waals surface area contributed by atoms with E-state index in [-0.39, 0.29) is 18.0 Å². The Morgan fingerprint density at radius 2 is 2.09 bits per heavy atom. The zero-order valence-electron chi connectivity index (χ0n) is 11.9. The molecule has 2 aromatic rings. The van der Waals surface area contributed by atoms with Gasteiger partial charge < -0.3 is 14.6 Å². The van der Waals surface area contributed by atoms with Crippen molar-refractivity contribution in [1.82, 2.24) is 0 Å². The zero-order valence-corrected chi connectivity index (χ0v) is 11.9. The van der Waals surface area contributed by atoms with Crippen molar-refractivity contribution in [3.8, 4) is 11.5 Å². The zero-order chi connectivity index (χ0) is 15.7. The quantitative estimate of drug-likeness (QED) is 0.863. The molecule has 0 radical (unpaired) electrons. The van der Waals surface area contributed by atoms with Crippen LogP contribution < -0.4 is 4.74 Å². The number of carbonyl (C=O) groups is 2. The number of phenols is 1. The fourth-order valence-corrected chi connectivity index (χ4v) is 2.48. The molecule has 22 heavy (non-hydrogen) atoms. The molecule has 3 rings (SSSR count). The largest absolute Gasteiger partial charge is 0.508 e. The maximum absolute atomic E-state index is 12.2. The number of Topliss-reactive ketones (excluding diaryl/α,β-unsaturated/α-hetero) is 1. The lowest BCUT2D eigenvalue weighted by molar-refractivity contribution is 0.0600. The molecule has 0 fully saturated rings. The van der Waals surface area contributed by atoms with E-state index in [0.717, 1.165) is 5.56 Å². The van der Waals surface area contributed by atoms with Crippen LogP contribution in [0.4, 0.5) is 0 Å². The lowest BCUT2D eigenvalue weighted by Crippen LogP contribution is -2.20. The number of esters is 1. The van der Waals surface area contributed by atoms with Crippen molar-refractivity contribution < 1.29 is 24.2 Å². The molecule has 2 aromatic carbocycles. The van der Waals surface area contributed by atoms with E-state index < -0.39 is 12.1 Å². The summed E-state index contributed by atoms with van der Waals surface area (Å²) in [5.41, 5.74) is 1.52. The van der Waals surface area contributed by atoms with Crippen LogP contribution in [-0.2, 0) is 4.74 Å². The van der Waals surface area contributed by atoms with E-state index in [4.69, 9.17) is 9.47 Å². The van der Waals surface area contributed by atoms with Gasteiger partial charge in [0, 0.05) is 0 Å². The summed E-state index contributed by atoms with van der Waals surface area (Å²) in [5, 5.41) is 9.45. The summed E-state index contributed by atoms with van der Waals surface area (Å²) in [7, 11) is 1.32. The number of rotatable bonds is 2. The molecule has 5 heteroatoms. The first kappa shape index (κ1) is 14.1. The maximum Gasteiger partial charge on any atom is 0.337 e. The van der Waals surface area contributed by atoms with Crippen molar-refractivity contribution in [3.63, 3.8) is 0 Å². The second-order valence-electron chi connectivity index (χ2n) is 5.03. The van der Waals surface area contributed by atoms with Crippen LogP contribution in [0.25, 0.3) is 0 Å². The van der Waals surface area contributed by atoms with Gasteiger partial charge in [0.1, 0.15) is 17.6 Å². The first-order valence-electron chi connectivity index (χ1n) is 6.79. The lowest BCUT2D eigenvalue weighted by atomic mass is 9.95. The van der Waals surface area contributed by atoms with Crippen LogP contribution in [0.15, 0.2) is 42.5 Å². The fraction of sp³-hybridized carbons (Fsp3) is 0.176. The highest BCUT2D eigenvalue weighted by molar-refractivity contribution is 6.00. The molecule has 1 aliphatic heterocycles. The molecular formula is C17H14O5. The molecule has 1 heterocycles. The third-order valence-corrected chi connectivity index (χ3v) is 3.58. The van der Waals surface area contributed by atoms with Crippen molar-refractivity contribution in [2.75, 3.05) is 7.11 Å². The Kier molecular flexibility index (Phi) is 3.55. The highest BCUT2D eigenvalue weighted by atomic mass is 16.5. The summed E-state index contributed by atoms with van der Waals surface area (Å²) in [5.74, 6) is -0.0794. The van der Waals surface area contributed by atoms with Gasteiger partial charge in [-0.1, -0.05) is 12.1 Å². The van der Waals surface area contributed by atoms with Gasteiger partial charge in [-0.25, -0.2) is 4.79 Å². The van der Waals surface area contributed by atoms with Gasteiger partial charge >= 0.3 is 5.97 Å². The average molecular weight is 298 g/mol. The van der Waals surface area contributed by atoms with Crippen LogP contribution in [0.5, 0.6) is 11.5 Å². The molecule has 0 spiro atoms. The fourth-order valence-electron chi connectivity index (χ4n) is 2.48. The molecule has 0 aliphatic carbocycles. The maximum atomic E-state index is 12.2. The smallest absolute Gasteiger partial charge is 0.337 e. The first-order chi connectivity index (χ1) is 10.6. The second kappa shape index (κ2) is 5.52.